The lowest BCUT2D eigenvalue weighted by molar-refractivity contribution is 0.223. The Morgan fingerprint density at radius 1 is 1.09 bits per heavy atom. The molecule has 0 saturated carbocycles. The molecule has 23 heavy (non-hydrogen) atoms. The largest absolute Gasteiger partial charge is 0.473 e. The molecule has 4 nitrogen and oxygen atoms in total. The van der Waals surface area contributed by atoms with E-state index < -0.39 is 0 Å². The molecule has 0 aliphatic carbocycles. The van der Waals surface area contributed by atoms with Gasteiger partial charge >= 0.3 is 6.03 Å². The summed E-state index contributed by atoms with van der Waals surface area (Å²) in [6, 6.07) is 15.5. The highest BCUT2D eigenvalue weighted by atomic mass is 79.9. The summed E-state index contributed by atoms with van der Waals surface area (Å²) in [5, 5.41) is 5.46. The number of carbonyl (C=O) groups is 1. The van der Waals surface area contributed by atoms with Crippen LogP contribution in [0.1, 0.15) is 24.5 Å². The van der Waals surface area contributed by atoms with E-state index in [1.54, 1.807) is 0 Å². The Balaban J connectivity index is 1.68. The number of hydrogen-bond donors (Lipinski definition) is 2. The molecule has 5 heteroatoms. The second-order valence-corrected chi connectivity index (χ2v) is 6.09. The van der Waals surface area contributed by atoms with Crippen LogP contribution in [0.3, 0.4) is 0 Å². The molecule has 0 atom stereocenters. The summed E-state index contributed by atoms with van der Waals surface area (Å²) in [7, 11) is 0. The Bertz CT molecular complexity index is 629. The summed E-state index contributed by atoms with van der Waals surface area (Å²) in [5.41, 5.74) is 2.32. The maximum atomic E-state index is 11.7. The number of urea groups is 1. The van der Waals surface area contributed by atoms with Crippen LogP contribution in [0.5, 0.6) is 5.75 Å². The number of nitrogens with one attached hydrogen (secondary N) is 2. The predicted octanol–water partition coefficient (Wildman–Crippen LogP) is 4.24. The smallest absolute Gasteiger partial charge is 0.317 e. The monoisotopic (exact) mass is 376 g/mol. The Kier molecular flexibility index (Phi) is 6.94. The van der Waals surface area contributed by atoms with E-state index in [0.29, 0.717) is 6.54 Å². The van der Waals surface area contributed by atoms with Crippen molar-refractivity contribution in [3.63, 3.8) is 0 Å². The van der Waals surface area contributed by atoms with E-state index in [4.69, 9.17) is 4.74 Å². The van der Waals surface area contributed by atoms with Crippen LogP contribution in [-0.4, -0.2) is 12.8 Å². The van der Waals surface area contributed by atoms with Crippen LogP contribution in [0.2, 0.25) is 0 Å². The minimum Gasteiger partial charge on any atom is -0.473 e. The van der Waals surface area contributed by atoms with Crippen molar-refractivity contribution in [2.75, 3.05) is 6.73 Å². The van der Waals surface area contributed by atoms with Crippen molar-refractivity contribution < 1.29 is 9.53 Å². The van der Waals surface area contributed by atoms with Crippen molar-refractivity contribution in [3.8, 4) is 5.75 Å². The SMILES string of the molecule is CCCc1ccc(OCNC(=O)NCc2cccc(Br)c2)cc1. The lowest BCUT2D eigenvalue weighted by atomic mass is 10.1. The average molecular weight is 377 g/mol. The minimum absolute atomic E-state index is 0.136. The third kappa shape index (κ3) is 6.32. The summed E-state index contributed by atoms with van der Waals surface area (Å²) in [5.74, 6) is 0.747. The van der Waals surface area contributed by atoms with Gasteiger partial charge in [0.05, 0.1) is 0 Å². The van der Waals surface area contributed by atoms with Crippen molar-refractivity contribution in [1.29, 1.82) is 0 Å². The van der Waals surface area contributed by atoms with Gasteiger partial charge in [-0.1, -0.05) is 53.5 Å². The third-order valence-corrected chi connectivity index (χ3v) is 3.77. The number of aryl methyl sites for hydroxylation is 1. The van der Waals surface area contributed by atoms with Crippen molar-refractivity contribution in [2.24, 2.45) is 0 Å². The fourth-order valence-corrected chi connectivity index (χ4v) is 2.56. The Hall–Kier alpha value is -2.01. The predicted molar refractivity (Wildman–Crippen MR) is 95.4 cm³/mol. The zero-order chi connectivity index (χ0) is 16.5. The molecule has 122 valence electrons. The van der Waals surface area contributed by atoms with Crippen LogP contribution in [0.4, 0.5) is 4.79 Å². The van der Waals surface area contributed by atoms with Crippen LogP contribution < -0.4 is 15.4 Å². The Morgan fingerprint density at radius 3 is 2.57 bits per heavy atom. The molecule has 0 aromatic heterocycles. The number of rotatable bonds is 7. The van der Waals surface area contributed by atoms with Gasteiger partial charge in [-0.15, -0.1) is 0 Å². The van der Waals surface area contributed by atoms with E-state index in [2.05, 4.69) is 33.5 Å². The van der Waals surface area contributed by atoms with Gasteiger partial charge in [-0.25, -0.2) is 4.79 Å². The van der Waals surface area contributed by atoms with Gasteiger partial charge in [0.2, 0.25) is 0 Å². The van der Waals surface area contributed by atoms with Crippen molar-refractivity contribution in [1.82, 2.24) is 10.6 Å². The highest BCUT2D eigenvalue weighted by Crippen LogP contribution is 2.13. The van der Waals surface area contributed by atoms with Crippen LogP contribution >= 0.6 is 15.9 Å². The first-order valence-electron chi connectivity index (χ1n) is 7.65. The fourth-order valence-electron chi connectivity index (χ4n) is 2.12. The third-order valence-electron chi connectivity index (χ3n) is 3.28. The van der Waals surface area contributed by atoms with Gasteiger partial charge in [-0.3, -0.25) is 0 Å². The first kappa shape index (κ1) is 17.3. The van der Waals surface area contributed by atoms with Crippen molar-refractivity contribution >= 4 is 22.0 Å². The number of benzene rings is 2. The molecule has 0 bridgehead atoms. The van der Waals surface area contributed by atoms with E-state index in [0.717, 1.165) is 28.6 Å². The molecule has 0 heterocycles. The van der Waals surface area contributed by atoms with Crippen LogP contribution in [-0.2, 0) is 13.0 Å². The number of hydrogen-bond acceptors (Lipinski definition) is 2. The summed E-state index contributed by atoms with van der Waals surface area (Å²) in [6.07, 6.45) is 2.19. The van der Waals surface area contributed by atoms with Gasteiger partial charge in [0.1, 0.15) is 5.75 Å². The van der Waals surface area contributed by atoms with E-state index in [1.807, 2.05) is 48.5 Å². The fraction of sp³-hybridized carbons (Fsp3) is 0.278. The quantitative estimate of drug-likeness (QED) is 0.710. The molecule has 0 fully saturated rings. The van der Waals surface area contributed by atoms with E-state index in [1.165, 1.54) is 5.56 Å². The second-order valence-electron chi connectivity index (χ2n) is 5.17. The van der Waals surface area contributed by atoms with E-state index in [-0.39, 0.29) is 12.8 Å². The van der Waals surface area contributed by atoms with Gasteiger partial charge < -0.3 is 15.4 Å². The Morgan fingerprint density at radius 2 is 1.87 bits per heavy atom. The number of carbonyl (C=O) groups excluding carboxylic acids is 1. The first-order valence-corrected chi connectivity index (χ1v) is 8.44. The molecule has 0 saturated heterocycles. The second kappa shape index (κ2) is 9.20. The van der Waals surface area contributed by atoms with Crippen molar-refractivity contribution in [2.45, 2.75) is 26.3 Å². The van der Waals surface area contributed by atoms with Gasteiger partial charge in [0, 0.05) is 11.0 Å². The zero-order valence-corrected chi connectivity index (χ0v) is 14.7. The van der Waals surface area contributed by atoms with E-state index in [9.17, 15) is 4.79 Å². The molecular weight excluding hydrogens is 356 g/mol. The zero-order valence-electron chi connectivity index (χ0n) is 13.1. The summed E-state index contributed by atoms with van der Waals surface area (Å²) >= 11 is 3.40. The minimum atomic E-state index is -0.257. The van der Waals surface area contributed by atoms with Crippen LogP contribution in [0.15, 0.2) is 53.0 Å². The molecule has 2 N–H and O–H groups in total. The lowest BCUT2D eigenvalue weighted by Gasteiger charge is -2.10. The molecule has 0 aliphatic rings. The number of ether oxygens (including phenoxy) is 1. The maximum Gasteiger partial charge on any atom is 0.317 e. The van der Waals surface area contributed by atoms with Gasteiger partial charge in [-0.05, 0) is 41.8 Å². The average Bonchev–Trinajstić information content (AvgIpc) is 2.55. The Labute approximate surface area is 145 Å². The maximum absolute atomic E-state index is 11.7. The summed E-state index contributed by atoms with van der Waals surface area (Å²) in [4.78, 5) is 11.7. The summed E-state index contributed by atoms with van der Waals surface area (Å²) in [6.45, 7) is 2.76. The molecule has 2 amide bonds. The van der Waals surface area contributed by atoms with Crippen LogP contribution in [0, 0.1) is 0 Å². The molecule has 0 spiro atoms. The van der Waals surface area contributed by atoms with Crippen molar-refractivity contribution in [3.05, 3.63) is 64.1 Å². The number of amides is 2. The van der Waals surface area contributed by atoms with Gasteiger partial charge in [0.25, 0.3) is 0 Å². The van der Waals surface area contributed by atoms with Gasteiger partial charge in [0.15, 0.2) is 6.73 Å². The lowest BCUT2D eigenvalue weighted by Crippen LogP contribution is -2.37. The molecule has 0 aliphatic heterocycles. The first-order chi connectivity index (χ1) is 11.2. The van der Waals surface area contributed by atoms with Gasteiger partial charge in [-0.2, -0.15) is 0 Å². The molecule has 2 rings (SSSR count). The molecule has 2 aromatic carbocycles. The molecular formula is C18H21BrN2O2. The number of halogens is 1. The highest BCUT2D eigenvalue weighted by molar-refractivity contribution is 9.10. The van der Waals surface area contributed by atoms with E-state index >= 15 is 0 Å². The standard InChI is InChI=1S/C18H21BrN2O2/c1-2-4-14-7-9-17(10-8-14)23-13-21-18(22)20-12-15-5-3-6-16(19)11-15/h3,5-11H,2,4,12-13H2,1H3,(H2,20,21,22). The topological polar surface area (TPSA) is 50.4 Å². The summed E-state index contributed by atoms with van der Waals surface area (Å²) < 4.78 is 6.49. The molecule has 0 unspecified atom stereocenters. The normalized spacial score (nSPS) is 10.2. The highest BCUT2D eigenvalue weighted by Gasteiger charge is 2.01. The molecule has 2 aromatic rings. The van der Waals surface area contributed by atoms with Crippen LogP contribution in [0.25, 0.3) is 0 Å². The molecule has 0 radical (unpaired) electrons.